The molecule has 0 aromatic rings. The molecular weight excluding hydrogens is 151 g/mol. The van der Waals surface area contributed by atoms with Gasteiger partial charge in [0.25, 0.3) is 0 Å². The largest absolute Gasteiger partial charge is 0.137 e. The van der Waals surface area contributed by atoms with Crippen molar-refractivity contribution in [1.82, 2.24) is 0 Å². The zero-order valence-electron chi connectivity index (χ0n) is 7.53. The van der Waals surface area contributed by atoms with E-state index in [9.17, 15) is 0 Å². The first-order valence-electron chi connectivity index (χ1n) is 4.59. The van der Waals surface area contributed by atoms with Crippen LogP contribution in [0.5, 0.6) is 0 Å². The highest BCUT2D eigenvalue weighted by molar-refractivity contribution is 7.16. The van der Waals surface area contributed by atoms with Crippen molar-refractivity contribution in [3.8, 4) is 0 Å². The summed E-state index contributed by atoms with van der Waals surface area (Å²) in [5.41, 5.74) is 2.11. The minimum absolute atomic E-state index is 0.645. The highest BCUT2D eigenvalue weighted by Crippen LogP contribution is 2.41. The molecule has 1 aliphatic rings. The van der Waals surface area contributed by atoms with E-state index >= 15 is 0 Å². The summed E-state index contributed by atoms with van der Waals surface area (Å²) in [4.78, 5) is 0. The van der Waals surface area contributed by atoms with E-state index < -0.39 is 0 Å². The Morgan fingerprint density at radius 1 is 1.45 bits per heavy atom. The average molecular weight is 170 g/mol. The number of allylic oxidation sites excluding steroid dienone is 1. The van der Waals surface area contributed by atoms with E-state index in [1.54, 1.807) is 0 Å². The minimum atomic E-state index is 0.645. The third-order valence-electron chi connectivity index (χ3n) is 3.20. The van der Waals surface area contributed by atoms with E-state index in [4.69, 9.17) is 0 Å². The quantitative estimate of drug-likeness (QED) is 0.440. The topological polar surface area (TPSA) is 0 Å². The van der Waals surface area contributed by atoms with Gasteiger partial charge in [-0.3, -0.25) is 0 Å². The van der Waals surface area contributed by atoms with Crippen LogP contribution in [0.15, 0.2) is 12.2 Å². The van der Waals surface area contributed by atoms with E-state index in [0.29, 0.717) is 5.41 Å². The Balaban J connectivity index is 2.52. The molecule has 0 saturated heterocycles. The SMILES string of the molecule is C=C1CCC(CC)(CP)CC1. The lowest BCUT2D eigenvalue weighted by molar-refractivity contribution is 0.244. The number of hydrogen-bond acceptors (Lipinski definition) is 0. The van der Waals surface area contributed by atoms with Crippen molar-refractivity contribution in [2.24, 2.45) is 5.41 Å². The number of rotatable bonds is 2. The van der Waals surface area contributed by atoms with Crippen LogP contribution in [0.4, 0.5) is 0 Å². The molecule has 64 valence electrons. The van der Waals surface area contributed by atoms with Crippen LogP contribution in [0.3, 0.4) is 0 Å². The first-order valence-corrected chi connectivity index (χ1v) is 5.41. The van der Waals surface area contributed by atoms with Crippen LogP contribution in [0.1, 0.15) is 39.0 Å². The Hall–Kier alpha value is 0.170. The molecule has 0 N–H and O–H groups in total. The molecule has 0 nitrogen and oxygen atoms in total. The molecule has 1 saturated carbocycles. The summed E-state index contributed by atoms with van der Waals surface area (Å²) in [7, 11) is 2.90. The maximum atomic E-state index is 4.04. The fourth-order valence-corrected chi connectivity index (χ4v) is 2.53. The zero-order chi connectivity index (χ0) is 8.32. The highest BCUT2D eigenvalue weighted by atomic mass is 31.0. The van der Waals surface area contributed by atoms with Crippen molar-refractivity contribution in [3.05, 3.63) is 12.2 Å². The predicted molar refractivity (Wildman–Crippen MR) is 54.9 cm³/mol. The Morgan fingerprint density at radius 2 is 2.00 bits per heavy atom. The molecule has 1 heteroatoms. The van der Waals surface area contributed by atoms with Crippen LogP contribution in [0.25, 0.3) is 0 Å². The smallest absolute Gasteiger partial charge is 0.0259 e. The van der Waals surface area contributed by atoms with Crippen molar-refractivity contribution in [2.45, 2.75) is 39.0 Å². The summed E-state index contributed by atoms with van der Waals surface area (Å²) >= 11 is 0. The van der Waals surface area contributed by atoms with Gasteiger partial charge in [-0.15, -0.1) is 9.24 Å². The van der Waals surface area contributed by atoms with Gasteiger partial charge in [0.05, 0.1) is 0 Å². The van der Waals surface area contributed by atoms with Gasteiger partial charge in [0.15, 0.2) is 0 Å². The molecule has 1 fully saturated rings. The normalized spacial score (nSPS) is 23.6. The van der Waals surface area contributed by atoms with Crippen molar-refractivity contribution in [3.63, 3.8) is 0 Å². The number of hydrogen-bond donors (Lipinski definition) is 0. The van der Waals surface area contributed by atoms with Gasteiger partial charge in [-0.25, -0.2) is 0 Å². The molecule has 1 aliphatic carbocycles. The maximum absolute atomic E-state index is 4.04. The van der Waals surface area contributed by atoms with Gasteiger partial charge in [0.1, 0.15) is 0 Å². The molecule has 0 aromatic heterocycles. The summed E-state index contributed by atoms with van der Waals surface area (Å²) < 4.78 is 0. The fourth-order valence-electron chi connectivity index (χ4n) is 1.84. The Bertz CT molecular complexity index is 133. The fraction of sp³-hybridized carbons (Fsp3) is 0.800. The average Bonchev–Trinajstić information content (AvgIpc) is 2.07. The molecule has 1 rings (SSSR count). The summed E-state index contributed by atoms with van der Waals surface area (Å²) in [5, 5.41) is 0. The molecule has 1 atom stereocenters. The lowest BCUT2D eigenvalue weighted by Gasteiger charge is -2.36. The van der Waals surface area contributed by atoms with Gasteiger partial charge in [0.2, 0.25) is 0 Å². The standard InChI is InChI=1S/C10H19P/c1-3-10(8-11)6-4-9(2)5-7-10/h2-8,11H2,1H3. The highest BCUT2D eigenvalue weighted by Gasteiger charge is 2.28. The van der Waals surface area contributed by atoms with Crippen LogP contribution in [-0.4, -0.2) is 6.16 Å². The van der Waals surface area contributed by atoms with Crippen LogP contribution in [0.2, 0.25) is 0 Å². The van der Waals surface area contributed by atoms with Crippen molar-refractivity contribution in [2.75, 3.05) is 6.16 Å². The van der Waals surface area contributed by atoms with Crippen LogP contribution in [-0.2, 0) is 0 Å². The first kappa shape index (κ1) is 9.26. The van der Waals surface area contributed by atoms with Gasteiger partial charge in [0, 0.05) is 0 Å². The second-order valence-corrected chi connectivity index (χ2v) is 4.22. The Labute approximate surface area is 72.7 Å². The Kier molecular flexibility index (Phi) is 3.13. The molecular formula is C10H19P. The van der Waals surface area contributed by atoms with E-state index in [1.807, 2.05) is 0 Å². The summed E-state index contributed by atoms with van der Waals surface area (Å²) in [6.07, 6.45) is 7.88. The van der Waals surface area contributed by atoms with Gasteiger partial charge in [-0.1, -0.05) is 25.5 Å². The first-order chi connectivity index (χ1) is 5.22. The minimum Gasteiger partial charge on any atom is -0.137 e. The van der Waals surface area contributed by atoms with Gasteiger partial charge in [-0.05, 0) is 37.3 Å². The molecule has 1 unspecified atom stereocenters. The van der Waals surface area contributed by atoms with E-state index in [-0.39, 0.29) is 0 Å². The van der Waals surface area contributed by atoms with Crippen molar-refractivity contribution in [1.29, 1.82) is 0 Å². The van der Waals surface area contributed by atoms with Gasteiger partial charge < -0.3 is 0 Å². The van der Waals surface area contributed by atoms with Crippen LogP contribution < -0.4 is 0 Å². The molecule has 11 heavy (non-hydrogen) atoms. The molecule has 0 aromatic carbocycles. The lowest BCUT2D eigenvalue weighted by atomic mass is 9.72. The second-order valence-electron chi connectivity index (χ2n) is 3.81. The monoisotopic (exact) mass is 170 g/mol. The third kappa shape index (κ3) is 2.06. The van der Waals surface area contributed by atoms with Crippen molar-refractivity contribution < 1.29 is 0 Å². The van der Waals surface area contributed by atoms with Gasteiger partial charge >= 0.3 is 0 Å². The van der Waals surface area contributed by atoms with Crippen LogP contribution in [0, 0.1) is 5.41 Å². The molecule has 0 amide bonds. The Morgan fingerprint density at radius 3 is 2.36 bits per heavy atom. The van der Waals surface area contributed by atoms with E-state index in [0.717, 1.165) is 0 Å². The third-order valence-corrected chi connectivity index (χ3v) is 4.07. The lowest BCUT2D eigenvalue weighted by Crippen LogP contribution is -2.25. The summed E-state index contributed by atoms with van der Waals surface area (Å²) in [6, 6.07) is 0. The molecule has 0 radical (unpaired) electrons. The zero-order valence-corrected chi connectivity index (χ0v) is 8.68. The molecule has 0 bridgehead atoms. The molecule has 0 heterocycles. The predicted octanol–water partition coefficient (Wildman–Crippen LogP) is 3.39. The molecule has 0 spiro atoms. The van der Waals surface area contributed by atoms with Crippen LogP contribution >= 0.6 is 9.24 Å². The molecule has 0 aliphatic heterocycles. The second kappa shape index (κ2) is 3.72. The van der Waals surface area contributed by atoms with Crippen molar-refractivity contribution >= 4 is 9.24 Å². The summed E-state index contributed by atoms with van der Waals surface area (Å²) in [5.74, 6) is 0. The van der Waals surface area contributed by atoms with Gasteiger partial charge in [-0.2, -0.15) is 0 Å². The summed E-state index contributed by atoms with van der Waals surface area (Å²) in [6.45, 7) is 6.36. The maximum Gasteiger partial charge on any atom is -0.0259 e. The van der Waals surface area contributed by atoms with E-state index in [1.165, 1.54) is 43.8 Å². The van der Waals surface area contributed by atoms with E-state index in [2.05, 4.69) is 22.7 Å².